The quantitative estimate of drug-likeness (QED) is 0.546. The van der Waals surface area contributed by atoms with Crippen LogP contribution in [-0.4, -0.2) is 46.7 Å². The molecule has 0 unspecified atom stereocenters. The van der Waals surface area contributed by atoms with Crippen LogP contribution in [0.25, 0.3) is 16.6 Å². The van der Waals surface area contributed by atoms with E-state index in [-0.39, 0.29) is 11.0 Å². The maximum absolute atomic E-state index is 12.9. The predicted molar refractivity (Wildman–Crippen MR) is 137 cm³/mol. The minimum Gasteiger partial charge on any atom is -0.317 e. The summed E-state index contributed by atoms with van der Waals surface area (Å²) in [5.74, 6) is 1.43. The van der Waals surface area contributed by atoms with Crippen molar-refractivity contribution in [2.45, 2.75) is 56.9 Å². The summed E-state index contributed by atoms with van der Waals surface area (Å²) < 4.78 is 3.03. The molecular weight excluding hydrogens is 476 g/mol. The van der Waals surface area contributed by atoms with Crippen LogP contribution < -0.4 is 10.9 Å². The Hall–Kier alpha value is -2.02. The predicted octanol–water partition coefficient (Wildman–Crippen LogP) is 4.72. The molecular formula is C27H31BrN4O. The van der Waals surface area contributed by atoms with Gasteiger partial charge in [-0.15, -0.1) is 0 Å². The SMILES string of the molecule is CC1(C)c2ccc(C3CCN(C4CCNCC4)CC3)cc2-n2c1nc(=O)c1c(Br)cccc12. The molecule has 0 aliphatic carbocycles. The van der Waals surface area contributed by atoms with E-state index in [9.17, 15) is 4.79 Å². The van der Waals surface area contributed by atoms with Gasteiger partial charge in [0, 0.05) is 10.5 Å². The van der Waals surface area contributed by atoms with Gasteiger partial charge in [-0.3, -0.25) is 9.36 Å². The molecule has 2 saturated heterocycles. The Labute approximate surface area is 203 Å². The van der Waals surface area contributed by atoms with Crippen molar-refractivity contribution in [1.29, 1.82) is 0 Å². The van der Waals surface area contributed by atoms with Gasteiger partial charge in [0.15, 0.2) is 0 Å². The van der Waals surface area contributed by atoms with Gasteiger partial charge in [-0.05, 0) is 117 Å². The van der Waals surface area contributed by atoms with Crippen LogP contribution in [0.15, 0.2) is 45.7 Å². The lowest BCUT2D eigenvalue weighted by Gasteiger charge is -2.39. The van der Waals surface area contributed by atoms with Crippen LogP contribution in [0.4, 0.5) is 0 Å². The van der Waals surface area contributed by atoms with Crippen LogP contribution in [0.5, 0.6) is 0 Å². The smallest absolute Gasteiger partial charge is 0.281 e. The summed E-state index contributed by atoms with van der Waals surface area (Å²) in [5.41, 5.74) is 4.33. The third kappa shape index (κ3) is 3.41. The molecule has 6 rings (SSSR count). The molecule has 0 radical (unpaired) electrons. The molecule has 3 aliphatic rings. The fourth-order valence-corrected chi connectivity index (χ4v) is 6.82. The van der Waals surface area contributed by atoms with Gasteiger partial charge in [0.05, 0.1) is 22.0 Å². The number of likely N-dealkylation sites (tertiary alicyclic amines) is 1. The molecule has 5 nitrogen and oxygen atoms in total. The number of benzene rings is 2. The average Bonchev–Trinajstić information content (AvgIpc) is 3.06. The number of rotatable bonds is 2. The van der Waals surface area contributed by atoms with E-state index in [0.717, 1.165) is 34.9 Å². The van der Waals surface area contributed by atoms with Gasteiger partial charge >= 0.3 is 0 Å². The Balaban J connectivity index is 1.37. The number of hydrogen-bond donors (Lipinski definition) is 1. The second-order valence-electron chi connectivity index (χ2n) is 10.4. The Morgan fingerprint density at radius 2 is 1.82 bits per heavy atom. The number of piperidine rings is 2. The van der Waals surface area contributed by atoms with Gasteiger partial charge in [-0.1, -0.05) is 18.2 Å². The monoisotopic (exact) mass is 506 g/mol. The summed E-state index contributed by atoms with van der Waals surface area (Å²) in [6.45, 7) is 9.06. The summed E-state index contributed by atoms with van der Waals surface area (Å²) in [6, 6.07) is 13.7. The van der Waals surface area contributed by atoms with Crippen LogP contribution in [0, 0.1) is 0 Å². The van der Waals surface area contributed by atoms with E-state index in [0.29, 0.717) is 11.3 Å². The molecule has 0 amide bonds. The van der Waals surface area contributed by atoms with E-state index in [1.807, 2.05) is 18.2 Å². The van der Waals surface area contributed by atoms with Crippen molar-refractivity contribution >= 4 is 26.8 Å². The highest BCUT2D eigenvalue weighted by molar-refractivity contribution is 9.10. The molecule has 2 aromatic carbocycles. The minimum absolute atomic E-state index is 0.157. The van der Waals surface area contributed by atoms with Crippen molar-refractivity contribution in [3.8, 4) is 5.69 Å². The first-order valence-corrected chi connectivity index (χ1v) is 13.1. The van der Waals surface area contributed by atoms with Crippen LogP contribution in [0.2, 0.25) is 0 Å². The fraction of sp³-hybridized carbons (Fsp3) is 0.481. The van der Waals surface area contributed by atoms with E-state index >= 15 is 0 Å². The standard InChI is InChI=1S/C27H31BrN4O/c1-27(2)20-7-6-18(17-10-14-31(15-11-17)19-8-12-29-13-9-19)16-23(20)32-22-5-3-4-21(28)24(22)25(33)30-26(27)32/h3-7,16-17,19,29H,8-15H2,1-2H3. The molecule has 0 bridgehead atoms. The van der Waals surface area contributed by atoms with Gasteiger partial charge < -0.3 is 10.2 Å². The van der Waals surface area contributed by atoms with Gasteiger partial charge in [0.25, 0.3) is 5.56 Å². The van der Waals surface area contributed by atoms with E-state index in [1.165, 1.54) is 55.6 Å². The summed E-state index contributed by atoms with van der Waals surface area (Å²) in [5, 5.41) is 4.15. The second kappa shape index (κ2) is 8.03. The fourth-order valence-electron chi connectivity index (χ4n) is 6.30. The third-order valence-corrected chi connectivity index (χ3v) is 8.85. The zero-order valence-corrected chi connectivity index (χ0v) is 21.0. The molecule has 6 heteroatoms. The largest absolute Gasteiger partial charge is 0.317 e. The summed E-state index contributed by atoms with van der Waals surface area (Å²) in [4.78, 5) is 20.2. The average molecular weight is 507 g/mol. The van der Waals surface area contributed by atoms with E-state index in [1.54, 1.807) is 0 Å². The number of nitrogens with zero attached hydrogens (tertiary/aromatic N) is 3. The van der Waals surface area contributed by atoms with E-state index in [2.05, 4.69) is 67.7 Å². The summed E-state index contributed by atoms with van der Waals surface area (Å²) >= 11 is 3.58. The molecule has 4 heterocycles. The van der Waals surface area contributed by atoms with E-state index < -0.39 is 0 Å². The van der Waals surface area contributed by atoms with Crippen molar-refractivity contribution in [1.82, 2.24) is 19.8 Å². The summed E-state index contributed by atoms with van der Waals surface area (Å²) in [6.07, 6.45) is 4.99. The maximum atomic E-state index is 12.9. The molecule has 3 aromatic rings. The molecule has 1 aromatic heterocycles. The van der Waals surface area contributed by atoms with Crippen LogP contribution >= 0.6 is 15.9 Å². The van der Waals surface area contributed by atoms with Gasteiger partial charge in [0.2, 0.25) is 0 Å². The van der Waals surface area contributed by atoms with Crippen molar-refractivity contribution in [3.63, 3.8) is 0 Å². The Kier molecular flexibility index (Phi) is 5.24. The van der Waals surface area contributed by atoms with Crippen molar-refractivity contribution in [2.24, 2.45) is 0 Å². The topological polar surface area (TPSA) is 50.2 Å². The number of nitrogens with one attached hydrogen (secondary N) is 1. The molecule has 0 saturated carbocycles. The lowest BCUT2D eigenvalue weighted by molar-refractivity contribution is 0.127. The lowest BCUT2D eigenvalue weighted by atomic mass is 9.82. The number of fused-ring (bicyclic) bond motifs is 5. The number of aromatic nitrogens is 2. The first-order chi connectivity index (χ1) is 15.9. The van der Waals surface area contributed by atoms with E-state index in [4.69, 9.17) is 0 Å². The first kappa shape index (κ1) is 21.5. The molecule has 172 valence electrons. The second-order valence-corrected chi connectivity index (χ2v) is 11.3. The van der Waals surface area contributed by atoms with Crippen LogP contribution in [0.3, 0.4) is 0 Å². The minimum atomic E-state index is -0.304. The van der Waals surface area contributed by atoms with Gasteiger partial charge in [0.1, 0.15) is 5.82 Å². The van der Waals surface area contributed by atoms with Crippen molar-refractivity contribution in [2.75, 3.05) is 26.2 Å². The maximum Gasteiger partial charge on any atom is 0.281 e. The third-order valence-electron chi connectivity index (χ3n) is 8.19. The highest BCUT2D eigenvalue weighted by Crippen LogP contribution is 2.44. The zero-order valence-electron chi connectivity index (χ0n) is 19.4. The molecule has 33 heavy (non-hydrogen) atoms. The highest BCUT2D eigenvalue weighted by Gasteiger charge is 2.39. The highest BCUT2D eigenvalue weighted by atomic mass is 79.9. The normalized spacial score (nSPS) is 21.3. The van der Waals surface area contributed by atoms with Crippen molar-refractivity contribution in [3.05, 3.63) is 68.2 Å². The lowest BCUT2D eigenvalue weighted by Crippen LogP contribution is -2.46. The number of halogens is 1. The molecule has 2 fully saturated rings. The molecule has 3 aliphatic heterocycles. The Morgan fingerprint density at radius 3 is 2.58 bits per heavy atom. The Morgan fingerprint density at radius 1 is 1.06 bits per heavy atom. The van der Waals surface area contributed by atoms with Crippen molar-refractivity contribution < 1.29 is 0 Å². The van der Waals surface area contributed by atoms with Gasteiger partial charge in [-0.25, -0.2) is 0 Å². The van der Waals surface area contributed by atoms with Crippen LogP contribution in [-0.2, 0) is 5.41 Å². The number of hydrogen-bond acceptors (Lipinski definition) is 4. The molecule has 1 N–H and O–H groups in total. The Bertz CT molecular complexity index is 1280. The summed E-state index contributed by atoms with van der Waals surface area (Å²) in [7, 11) is 0. The molecule has 0 spiro atoms. The molecule has 0 atom stereocenters. The van der Waals surface area contributed by atoms with Crippen LogP contribution in [0.1, 0.15) is 62.4 Å². The first-order valence-electron chi connectivity index (χ1n) is 12.3. The van der Waals surface area contributed by atoms with Gasteiger partial charge in [-0.2, -0.15) is 4.98 Å². The zero-order chi connectivity index (χ0) is 22.7.